The van der Waals surface area contributed by atoms with Crippen molar-refractivity contribution in [2.75, 3.05) is 40.0 Å². The van der Waals surface area contributed by atoms with Crippen LogP contribution < -0.4 is 20.4 Å². The number of methoxy groups -OCH3 is 1. The van der Waals surface area contributed by atoms with Crippen LogP contribution in [0.15, 0.2) is 63.3 Å². The summed E-state index contributed by atoms with van der Waals surface area (Å²) in [6.45, 7) is 2.33. The maximum Gasteiger partial charge on any atom is 0.349 e. The van der Waals surface area contributed by atoms with Crippen LogP contribution in [0.25, 0.3) is 11.0 Å². The Balaban J connectivity index is 1.61. The van der Waals surface area contributed by atoms with Gasteiger partial charge in [-0.25, -0.2) is 4.79 Å². The average molecular weight is 607 g/mol. The Morgan fingerprint density at radius 2 is 1.98 bits per heavy atom. The molecule has 1 aromatic heterocycles. The van der Waals surface area contributed by atoms with E-state index in [-0.39, 0.29) is 47.9 Å². The van der Waals surface area contributed by atoms with Gasteiger partial charge in [0.1, 0.15) is 29.6 Å². The summed E-state index contributed by atoms with van der Waals surface area (Å²) in [5.74, 6) is -1.57. The maximum absolute atomic E-state index is 14.1. The lowest BCUT2D eigenvalue weighted by atomic mass is 9.77. The molecule has 2 heterocycles. The number of nitrogens with one attached hydrogen (secondary N) is 1. The van der Waals surface area contributed by atoms with Gasteiger partial charge in [-0.15, -0.1) is 0 Å². The molecule has 232 valence electrons. The largest absolute Gasteiger partial charge is 0.493 e. The second kappa shape index (κ2) is 13.4. The first-order valence-electron chi connectivity index (χ1n) is 14.4. The third-order valence-electron chi connectivity index (χ3n) is 7.80. The molecule has 12 heteroatoms. The molecule has 44 heavy (non-hydrogen) atoms. The molecule has 2 aromatic carbocycles. The molecule has 0 spiro atoms. The van der Waals surface area contributed by atoms with E-state index < -0.39 is 41.6 Å². The lowest BCUT2D eigenvalue weighted by Gasteiger charge is -2.40. The van der Waals surface area contributed by atoms with Crippen molar-refractivity contribution < 1.29 is 43.2 Å². The fraction of sp³-hybridized carbons (Fsp3) is 0.375. The zero-order valence-electron chi connectivity index (χ0n) is 24.4. The number of fused-ring (bicyclic) bond motifs is 4. The van der Waals surface area contributed by atoms with Crippen LogP contribution in [0.3, 0.4) is 0 Å². The fourth-order valence-electron chi connectivity index (χ4n) is 5.79. The molecule has 4 atom stereocenters. The zero-order chi connectivity index (χ0) is 31.4. The van der Waals surface area contributed by atoms with E-state index in [2.05, 4.69) is 5.32 Å². The number of nitrogens with zero attached hydrogens (tertiary/aromatic N) is 1. The Kier molecular flexibility index (Phi) is 9.43. The maximum atomic E-state index is 14.1. The molecule has 2 aliphatic rings. The molecule has 1 aliphatic carbocycles. The predicted molar refractivity (Wildman–Crippen MR) is 158 cm³/mol. The second-order valence-electron chi connectivity index (χ2n) is 10.4. The number of aliphatic hydroxyl groups excluding tert-OH is 2. The lowest BCUT2D eigenvalue weighted by molar-refractivity contribution is -0.118. The van der Waals surface area contributed by atoms with Crippen LogP contribution in [0.2, 0.25) is 0 Å². The van der Waals surface area contributed by atoms with E-state index in [1.807, 2.05) is 6.92 Å². The van der Waals surface area contributed by atoms with Crippen LogP contribution in [0, 0.1) is 0 Å². The molecule has 3 aromatic rings. The van der Waals surface area contributed by atoms with E-state index in [0.29, 0.717) is 42.5 Å². The number of carbonyl (C=O) groups is 3. The highest BCUT2D eigenvalue weighted by molar-refractivity contribution is 5.99. The minimum atomic E-state index is -1.37. The van der Waals surface area contributed by atoms with Gasteiger partial charge in [0.05, 0.1) is 25.7 Å². The van der Waals surface area contributed by atoms with Gasteiger partial charge in [-0.1, -0.05) is 18.2 Å². The standard InChI is InChI=1S/C32H34N2O10/c1-3-42-12-6-10-34(31(39)22-15-19-7-4-5-8-24(19)43-32(22)40)23-16-21(30(38)33-9-11-35)26-20-13-18(17-36)14-25(41-2)28(20)44-29(26)27(23)37/h4-5,7-8,13-17,23,26-27,29,35,37H,3,6,9-12H2,1-2H3,(H,33,38). The quantitative estimate of drug-likeness (QED) is 0.157. The van der Waals surface area contributed by atoms with Crippen LogP contribution in [-0.2, 0) is 9.53 Å². The summed E-state index contributed by atoms with van der Waals surface area (Å²) in [6.07, 6.45) is 0.0722. The number of aliphatic hydroxyl groups is 2. The molecule has 0 fully saturated rings. The van der Waals surface area contributed by atoms with Crippen molar-refractivity contribution in [2.24, 2.45) is 0 Å². The molecule has 4 unspecified atom stereocenters. The van der Waals surface area contributed by atoms with Crippen molar-refractivity contribution in [1.29, 1.82) is 0 Å². The zero-order valence-corrected chi connectivity index (χ0v) is 24.4. The molecule has 3 N–H and O–H groups in total. The third-order valence-corrected chi connectivity index (χ3v) is 7.80. The number of para-hydroxylation sites is 1. The Labute approximate surface area is 252 Å². The number of benzene rings is 2. The summed E-state index contributed by atoms with van der Waals surface area (Å²) in [5.41, 5.74) is 0.155. The number of aldehydes is 1. The van der Waals surface area contributed by atoms with Crippen LogP contribution in [0.4, 0.5) is 0 Å². The Bertz CT molecular complexity index is 1650. The Morgan fingerprint density at radius 1 is 1.18 bits per heavy atom. The molecule has 0 radical (unpaired) electrons. The summed E-state index contributed by atoms with van der Waals surface area (Å²) < 4.78 is 22.6. The molecule has 1 aliphatic heterocycles. The van der Waals surface area contributed by atoms with E-state index in [1.54, 1.807) is 30.3 Å². The first kappa shape index (κ1) is 30.9. The van der Waals surface area contributed by atoms with Gasteiger partial charge < -0.3 is 39.1 Å². The minimum absolute atomic E-state index is 0.0403. The summed E-state index contributed by atoms with van der Waals surface area (Å²) in [4.78, 5) is 53.7. The number of amides is 2. The van der Waals surface area contributed by atoms with E-state index in [4.69, 9.17) is 18.6 Å². The highest BCUT2D eigenvalue weighted by Crippen LogP contribution is 2.51. The molecule has 2 amide bonds. The molecule has 0 bridgehead atoms. The summed E-state index contributed by atoms with van der Waals surface area (Å²) in [6, 6.07) is 10.2. The highest BCUT2D eigenvalue weighted by Gasteiger charge is 2.51. The summed E-state index contributed by atoms with van der Waals surface area (Å²) >= 11 is 0. The van der Waals surface area contributed by atoms with E-state index in [9.17, 15) is 29.4 Å². The average Bonchev–Trinajstić information content (AvgIpc) is 3.43. The van der Waals surface area contributed by atoms with Gasteiger partial charge in [-0.05, 0) is 43.7 Å². The smallest absolute Gasteiger partial charge is 0.349 e. The Morgan fingerprint density at radius 3 is 2.70 bits per heavy atom. The van der Waals surface area contributed by atoms with Gasteiger partial charge in [0.25, 0.3) is 5.91 Å². The van der Waals surface area contributed by atoms with Gasteiger partial charge in [0.15, 0.2) is 11.5 Å². The topological polar surface area (TPSA) is 165 Å². The van der Waals surface area contributed by atoms with Crippen LogP contribution in [-0.4, -0.2) is 91.5 Å². The minimum Gasteiger partial charge on any atom is -0.493 e. The molecule has 0 saturated heterocycles. The van der Waals surface area contributed by atoms with Crippen molar-refractivity contribution in [3.8, 4) is 11.5 Å². The van der Waals surface area contributed by atoms with E-state index >= 15 is 0 Å². The predicted octanol–water partition coefficient (Wildman–Crippen LogP) is 1.81. The van der Waals surface area contributed by atoms with Crippen molar-refractivity contribution in [3.05, 3.63) is 81.2 Å². The normalized spacial score (nSPS) is 20.2. The second-order valence-corrected chi connectivity index (χ2v) is 10.4. The van der Waals surface area contributed by atoms with Crippen molar-refractivity contribution >= 4 is 29.1 Å². The van der Waals surface area contributed by atoms with Crippen LogP contribution in [0.1, 0.15) is 45.5 Å². The molecular weight excluding hydrogens is 572 g/mol. The third kappa shape index (κ3) is 5.83. The van der Waals surface area contributed by atoms with Crippen molar-refractivity contribution in [3.63, 3.8) is 0 Å². The van der Waals surface area contributed by atoms with E-state index in [0.717, 1.165) is 0 Å². The number of ether oxygens (including phenoxy) is 3. The van der Waals surface area contributed by atoms with E-state index in [1.165, 1.54) is 30.2 Å². The van der Waals surface area contributed by atoms with Gasteiger partial charge in [-0.3, -0.25) is 14.4 Å². The fourth-order valence-corrected chi connectivity index (χ4v) is 5.79. The number of rotatable bonds is 12. The summed E-state index contributed by atoms with van der Waals surface area (Å²) in [5, 5.41) is 24.4. The number of hydrogen-bond acceptors (Lipinski definition) is 10. The number of hydrogen-bond donors (Lipinski definition) is 3. The first-order valence-corrected chi connectivity index (χ1v) is 14.4. The van der Waals surface area contributed by atoms with Crippen molar-refractivity contribution in [1.82, 2.24) is 10.2 Å². The summed E-state index contributed by atoms with van der Waals surface area (Å²) in [7, 11) is 1.41. The van der Waals surface area contributed by atoms with Crippen LogP contribution >= 0.6 is 0 Å². The van der Waals surface area contributed by atoms with Gasteiger partial charge >= 0.3 is 5.63 Å². The Hall–Kier alpha value is -4.52. The molecule has 5 rings (SSSR count). The molecule has 0 saturated carbocycles. The van der Waals surface area contributed by atoms with Gasteiger partial charge in [0.2, 0.25) is 5.91 Å². The molecule has 12 nitrogen and oxygen atoms in total. The van der Waals surface area contributed by atoms with Crippen molar-refractivity contribution in [2.45, 2.75) is 37.5 Å². The first-order chi connectivity index (χ1) is 21.3. The monoisotopic (exact) mass is 606 g/mol. The highest BCUT2D eigenvalue weighted by atomic mass is 16.5. The van der Waals surface area contributed by atoms with Gasteiger partial charge in [-0.2, -0.15) is 0 Å². The number of carbonyl (C=O) groups excluding carboxylic acids is 3. The van der Waals surface area contributed by atoms with Crippen LogP contribution in [0.5, 0.6) is 11.5 Å². The lowest BCUT2D eigenvalue weighted by Crippen LogP contribution is -2.56. The molecular formula is C32H34N2O10. The SMILES string of the molecule is CCOCCCN(C(=O)c1cc2ccccc2oc1=O)C1C=C(C(=O)NCCO)C2c3cc(C=O)cc(OC)c3OC2C1O. The van der Waals surface area contributed by atoms with Gasteiger partial charge in [0, 0.05) is 48.4 Å².